The van der Waals surface area contributed by atoms with E-state index in [0.29, 0.717) is 19.6 Å². The monoisotopic (exact) mass is 332 g/mol. The lowest BCUT2D eigenvalue weighted by Crippen LogP contribution is -2.40. The van der Waals surface area contributed by atoms with Gasteiger partial charge in [0.1, 0.15) is 0 Å². The van der Waals surface area contributed by atoms with E-state index in [1.54, 1.807) is 12.0 Å². The van der Waals surface area contributed by atoms with E-state index in [1.807, 2.05) is 32.0 Å². The lowest BCUT2D eigenvalue weighted by atomic mass is 10.0. The molecule has 0 radical (unpaired) electrons. The quantitative estimate of drug-likeness (QED) is 0.792. The number of benzene rings is 1. The van der Waals surface area contributed by atoms with Crippen molar-refractivity contribution in [1.29, 1.82) is 0 Å². The topological polar surface area (TPSA) is 58.6 Å². The summed E-state index contributed by atoms with van der Waals surface area (Å²) in [6, 6.07) is 10.4. The van der Waals surface area contributed by atoms with Gasteiger partial charge in [0, 0.05) is 26.1 Å². The van der Waals surface area contributed by atoms with Gasteiger partial charge in [-0.3, -0.25) is 9.59 Å². The van der Waals surface area contributed by atoms with Crippen LogP contribution in [-0.2, 0) is 20.7 Å². The normalized spacial score (nSPS) is 20.0. The first-order valence-electron chi connectivity index (χ1n) is 8.64. The van der Waals surface area contributed by atoms with Gasteiger partial charge in [-0.05, 0) is 32.3 Å². The van der Waals surface area contributed by atoms with Gasteiger partial charge in [0.2, 0.25) is 11.8 Å². The number of likely N-dealkylation sites (tertiary alicyclic amines) is 1. The van der Waals surface area contributed by atoms with Crippen molar-refractivity contribution < 1.29 is 14.3 Å². The van der Waals surface area contributed by atoms with Crippen LogP contribution < -0.4 is 5.32 Å². The highest BCUT2D eigenvalue weighted by Gasteiger charge is 2.36. The molecule has 5 nitrogen and oxygen atoms in total. The average molecular weight is 332 g/mol. The van der Waals surface area contributed by atoms with E-state index in [1.165, 1.54) is 5.56 Å². The smallest absolute Gasteiger partial charge is 0.225 e. The van der Waals surface area contributed by atoms with Crippen molar-refractivity contribution in [2.24, 2.45) is 5.92 Å². The SMILES string of the molecule is COC[C@H](C)N1C[C@H](C(=O)N[C@@H](C)CCc2ccccc2)CC1=O. The van der Waals surface area contributed by atoms with Gasteiger partial charge in [-0.25, -0.2) is 0 Å². The zero-order valence-electron chi connectivity index (χ0n) is 14.8. The first-order chi connectivity index (χ1) is 11.5. The third-order valence-corrected chi connectivity index (χ3v) is 4.57. The molecule has 0 spiro atoms. The third kappa shape index (κ3) is 5.06. The predicted molar refractivity (Wildman–Crippen MR) is 93.5 cm³/mol. The van der Waals surface area contributed by atoms with Gasteiger partial charge >= 0.3 is 0 Å². The lowest BCUT2D eigenvalue weighted by molar-refractivity contribution is -0.130. The number of nitrogens with one attached hydrogen (secondary N) is 1. The molecule has 1 aliphatic rings. The van der Waals surface area contributed by atoms with E-state index >= 15 is 0 Å². The fourth-order valence-electron chi connectivity index (χ4n) is 3.13. The molecule has 1 heterocycles. The molecule has 1 aliphatic heterocycles. The van der Waals surface area contributed by atoms with Crippen molar-refractivity contribution in [3.05, 3.63) is 35.9 Å². The summed E-state index contributed by atoms with van der Waals surface area (Å²) in [5.41, 5.74) is 1.27. The number of aryl methyl sites for hydroxylation is 1. The summed E-state index contributed by atoms with van der Waals surface area (Å²) in [7, 11) is 1.62. The molecule has 1 aromatic rings. The molecular weight excluding hydrogens is 304 g/mol. The van der Waals surface area contributed by atoms with Crippen molar-refractivity contribution in [2.45, 2.75) is 45.2 Å². The van der Waals surface area contributed by atoms with Gasteiger partial charge in [0.05, 0.1) is 18.6 Å². The van der Waals surface area contributed by atoms with E-state index in [-0.39, 0.29) is 29.8 Å². The largest absolute Gasteiger partial charge is 0.383 e. The molecule has 3 atom stereocenters. The molecule has 5 heteroatoms. The summed E-state index contributed by atoms with van der Waals surface area (Å²) >= 11 is 0. The molecule has 2 amide bonds. The number of rotatable bonds is 8. The van der Waals surface area contributed by atoms with Crippen LogP contribution in [0.4, 0.5) is 0 Å². The number of methoxy groups -OCH3 is 1. The Morgan fingerprint density at radius 2 is 2.04 bits per heavy atom. The van der Waals surface area contributed by atoms with Gasteiger partial charge in [-0.1, -0.05) is 30.3 Å². The van der Waals surface area contributed by atoms with Gasteiger partial charge < -0.3 is 15.0 Å². The van der Waals surface area contributed by atoms with Gasteiger partial charge in [-0.2, -0.15) is 0 Å². The van der Waals surface area contributed by atoms with Crippen LogP contribution >= 0.6 is 0 Å². The second-order valence-electron chi connectivity index (χ2n) is 6.69. The Balaban J connectivity index is 1.78. The van der Waals surface area contributed by atoms with Crippen LogP contribution in [0.15, 0.2) is 30.3 Å². The summed E-state index contributed by atoms with van der Waals surface area (Å²) < 4.78 is 5.10. The van der Waals surface area contributed by atoms with Crippen molar-refractivity contribution in [3.63, 3.8) is 0 Å². The zero-order valence-corrected chi connectivity index (χ0v) is 14.8. The van der Waals surface area contributed by atoms with Crippen LogP contribution in [0.2, 0.25) is 0 Å². The number of hydrogen-bond acceptors (Lipinski definition) is 3. The van der Waals surface area contributed by atoms with E-state index in [0.717, 1.165) is 12.8 Å². The van der Waals surface area contributed by atoms with Crippen molar-refractivity contribution in [3.8, 4) is 0 Å². The van der Waals surface area contributed by atoms with Crippen LogP contribution in [0.5, 0.6) is 0 Å². The molecule has 0 saturated carbocycles. The molecule has 1 saturated heterocycles. The van der Waals surface area contributed by atoms with Crippen LogP contribution in [0, 0.1) is 5.92 Å². The molecule has 132 valence electrons. The molecular formula is C19H28N2O3. The number of hydrogen-bond donors (Lipinski definition) is 1. The zero-order chi connectivity index (χ0) is 17.5. The Morgan fingerprint density at radius 1 is 1.33 bits per heavy atom. The van der Waals surface area contributed by atoms with E-state index in [9.17, 15) is 9.59 Å². The molecule has 0 aliphatic carbocycles. The summed E-state index contributed by atoms with van der Waals surface area (Å²) in [6.07, 6.45) is 2.12. The Kier molecular flexibility index (Phi) is 6.79. The van der Waals surface area contributed by atoms with E-state index in [2.05, 4.69) is 17.4 Å². The van der Waals surface area contributed by atoms with Crippen LogP contribution in [0.1, 0.15) is 32.3 Å². The number of carbonyl (C=O) groups is 2. The van der Waals surface area contributed by atoms with E-state index < -0.39 is 0 Å². The second-order valence-corrected chi connectivity index (χ2v) is 6.69. The van der Waals surface area contributed by atoms with Gasteiger partial charge in [-0.15, -0.1) is 0 Å². The van der Waals surface area contributed by atoms with Crippen molar-refractivity contribution >= 4 is 11.8 Å². The third-order valence-electron chi connectivity index (χ3n) is 4.57. The minimum atomic E-state index is -0.254. The fourth-order valence-corrected chi connectivity index (χ4v) is 3.13. The predicted octanol–water partition coefficient (Wildman–Crippen LogP) is 2.01. The van der Waals surface area contributed by atoms with Gasteiger partial charge in [0.15, 0.2) is 0 Å². The highest BCUT2D eigenvalue weighted by Crippen LogP contribution is 2.21. The molecule has 0 aromatic heterocycles. The highest BCUT2D eigenvalue weighted by atomic mass is 16.5. The Labute approximate surface area is 144 Å². The Morgan fingerprint density at radius 3 is 2.71 bits per heavy atom. The van der Waals surface area contributed by atoms with Crippen molar-refractivity contribution in [2.75, 3.05) is 20.3 Å². The highest BCUT2D eigenvalue weighted by molar-refractivity contribution is 5.89. The number of nitrogens with zero attached hydrogens (tertiary/aromatic N) is 1. The first kappa shape index (κ1) is 18.5. The summed E-state index contributed by atoms with van der Waals surface area (Å²) in [4.78, 5) is 26.3. The van der Waals surface area contributed by atoms with Crippen LogP contribution in [0.3, 0.4) is 0 Å². The minimum Gasteiger partial charge on any atom is -0.383 e. The maximum atomic E-state index is 12.4. The minimum absolute atomic E-state index is 0.0100. The first-order valence-corrected chi connectivity index (χ1v) is 8.64. The van der Waals surface area contributed by atoms with Crippen LogP contribution in [0.25, 0.3) is 0 Å². The summed E-state index contributed by atoms with van der Waals surface area (Å²) in [5.74, 6) is -0.233. The number of carbonyl (C=O) groups excluding carboxylic acids is 2. The number of ether oxygens (including phenoxy) is 1. The average Bonchev–Trinajstić information content (AvgIpc) is 2.96. The Bertz CT molecular complexity index is 547. The van der Waals surface area contributed by atoms with E-state index in [4.69, 9.17) is 4.74 Å². The summed E-state index contributed by atoms with van der Waals surface area (Å²) in [6.45, 7) is 4.95. The molecule has 0 unspecified atom stereocenters. The molecule has 2 rings (SSSR count). The Hall–Kier alpha value is -1.88. The summed E-state index contributed by atoms with van der Waals surface area (Å²) in [5, 5.41) is 3.06. The standard InChI is InChI=1S/C19H28N2O3/c1-14(9-10-16-7-5-4-6-8-16)20-19(23)17-11-18(22)21(12-17)15(2)13-24-3/h4-8,14-15,17H,9-13H2,1-3H3,(H,20,23)/t14-,15-,17+/m0/s1. The molecule has 24 heavy (non-hydrogen) atoms. The molecule has 1 N–H and O–H groups in total. The van der Waals surface area contributed by atoms with Crippen LogP contribution in [-0.4, -0.2) is 49.1 Å². The molecule has 1 aromatic carbocycles. The molecule has 1 fully saturated rings. The lowest BCUT2D eigenvalue weighted by Gasteiger charge is -2.24. The van der Waals surface area contributed by atoms with Crippen molar-refractivity contribution in [1.82, 2.24) is 10.2 Å². The van der Waals surface area contributed by atoms with Gasteiger partial charge in [0.25, 0.3) is 0 Å². The fraction of sp³-hybridized carbons (Fsp3) is 0.579. The maximum Gasteiger partial charge on any atom is 0.225 e. The molecule has 0 bridgehead atoms. The second kappa shape index (κ2) is 8.83. The maximum absolute atomic E-state index is 12.4. The number of amides is 2.